The lowest BCUT2D eigenvalue weighted by Crippen LogP contribution is -2.18. The van der Waals surface area contributed by atoms with Gasteiger partial charge in [0, 0.05) is 13.0 Å². The van der Waals surface area contributed by atoms with Gasteiger partial charge in [0.15, 0.2) is 0 Å². The van der Waals surface area contributed by atoms with E-state index in [9.17, 15) is 4.79 Å². The molecule has 0 aromatic carbocycles. The number of carbonyl (C=O) groups excluding carboxylic acids is 1. The number of rotatable bonds is 5. The van der Waals surface area contributed by atoms with E-state index < -0.39 is 0 Å². The largest absolute Gasteiger partial charge is 0.466 e. The summed E-state index contributed by atoms with van der Waals surface area (Å²) in [5.74, 6) is -0.181. The average molecular weight is 174 g/mol. The summed E-state index contributed by atoms with van der Waals surface area (Å²) in [5, 5.41) is 8.88. The molecule has 0 aliphatic rings. The smallest absolute Gasteiger partial charge is 0.305 e. The van der Waals surface area contributed by atoms with Crippen LogP contribution in [-0.4, -0.2) is 24.3 Å². The summed E-state index contributed by atoms with van der Waals surface area (Å²) in [6.45, 7) is 6.17. The van der Waals surface area contributed by atoms with E-state index in [0.29, 0.717) is 19.4 Å². The summed E-state index contributed by atoms with van der Waals surface area (Å²) in [6, 6.07) is 0. The number of aliphatic hydroxyl groups is 1. The average Bonchev–Trinajstić information content (AvgIpc) is 2.02. The second-order valence-electron chi connectivity index (χ2n) is 3.63. The summed E-state index contributed by atoms with van der Waals surface area (Å²) in [6.07, 6.45) is 1.06. The van der Waals surface area contributed by atoms with Crippen LogP contribution in [0.4, 0.5) is 0 Å². The van der Waals surface area contributed by atoms with Gasteiger partial charge in [0.05, 0.1) is 6.61 Å². The van der Waals surface area contributed by atoms with Gasteiger partial charge in [0.25, 0.3) is 0 Å². The molecular formula is C9H18O3. The molecule has 0 heterocycles. The van der Waals surface area contributed by atoms with E-state index in [1.807, 2.05) is 13.8 Å². The SMILES string of the molecule is CCOC(=O)CCC(C)(C)CO. The third kappa shape index (κ3) is 5.13. The van der Waals surface area contributed by atoms with Crippen molar-refractivity contribution in [3.63, 3.8) is 0 Å². The Kier molecular flexibility index (Phi) is 4.90. The zero-order valence-corrected chi connectivity index (χ0v) is 8.09. The summed E-state index contributed by atoms with van der Waals surface area (Å²) in [4.78, 5) is 10.9. The normalized spacial score (nSPS) is 11.3. The fourth-order valence-electron chi connectivity index (χ4n) is 0.753. The Morgan fingerprint density at radius 1 is 1.50 bits per heavy atom. The van der Waals surface area contributed by atoms with Crippen LogP contribution in [0.3, 0.4) is 0 Å². The first-order valence-corrected chi connectivity index (χ1v) is 4.28. The molecule has 0 saturated heterocycles. The van der Waals surface area contributed by atoms with E-state index >= 15 is 0 Å². The van der Waals surface area contributed by atoms with Crippen LogP contribution in [-0.2, 0) is 9.53 Å². The van der Waals surface area contributed by atoms with E-state index in [-0.39, 0.29) is 18.0 Å². The highest BCUT2D eigenvalue weighted by atomic mass is 16.5. The molecule has 0 aliphatic heterocycles. The summed E-state index contributed by atoms with van der Waals surface area (Å²) in [5.41, 5.74) is -0.174. The minimum atomic E-state index is -0.181. The number of ether oxygens (including phenoxy) is 1. The van der Waals surface area contributed by atoms with E-state index in [2.05, 4.69) is 0 Å². The van der Waals surface area contributed by atoms with Crippen molar-refractivity contribution in [3.8, 4) is 0 Å². The van der Waals surface area contributed by atoms with Crippen LogP contribution in [0, 0.1) is 5.41 Å². The molecule has 72 valence electrons. The highest BCUT2D eigenvalue weighted by Crippen LogP contribution is 2.20. The number of hydrogen-bond donors (Lipinski definition) is 1. The standard InChI is InChI=1S/C9H18O3/c1-4-12-8(11)5-6-9(2,3)7-10/h10H,4-7H2,1-3H3. The molecule has 0 aromatic heterocycles. The Hall–Kier alpha value is -0.570. The number of hydrogen-bond acceptors (Lipinski definition) is 3. The predicted octanol–water partition coefficient (Wildman–Crippen LogP) is 1.35. The third-order valence-electron chi connectivity index (χ3n) is 1.74. The fraction of sp³-hybridized carbons (Fsp3) is 0.889. The van der Waals surface area contributed by atoms with Crippen molar-refractivity contribution >= 4 is 5.97 Å². The maximum atomic E-state index is 10.9. The first-order chi connectivity index (χ1) is 5.52. The van der Waals surface area contributed by atoms with Gasteiger partial charge < -0.3 is 9.84 Å². The Bertz CT molecular complexity index is 141. The van der Waals surface area contributed by atoms with Gasteiger partial charge in [-0.25, -0.2) is 0 Å². The van der Waals surface area contributed by atoms with Crippen molar-refractivity contribution in [3.05, 3.63) is 0 Å². The van der Waals surface area contributed by atoms with E-state index in [1.165, 1.54) is 0 Å². The van der Waals surface area contributed by atoms with E-state index in [4.69, 9.17) is 9.84 Å². The molecule has 0 aliphatic carbocycles. The van der Waals surface area contributed by atoms with Gasteiger partial charge in [-0.1, -0.05) is 13.8 Å². The molecule has 1 N–H and O–H groups in total. The van der Waals surface area contributed by atoms with Gasteiger partial charge in [-0.3, -0.25) is 4.79 Å². The quantitative estimate of drug-likeness (QED) is 0.640. The first-order valence-electron chi connectivity index (χ1n) is 4.28. The van der Waals surface area contributed by atoms with Crippen LogP contribution >= 0.6 is 0 Å². The maximum Gasteiger partial charge on any atom is 0.305 e. The van der Waals surface area contributed by atoms with E-state index in [0.717, 1.165) is 0 Å². The fourth-order valence-corrected chi connectivity index (χ4v) is 0.753. The lowest BCUT2D eigenvalue weighted by Gasteiger charge is -2.20. The predicted molar refractivity (Wildman–Crippen MR) is 46.7 cm³/mol. The van der Waals surface area contributed by atoms with Crippen molar-refractivity contribution < 1.29 is 14.6 Å². The molecule has 3 nitrogen and oxygen atoms in total. The highest BCUT2D eigenvalue weighted by molar-refractivity contribution is 5.69. The van der Waals surface area contributed by atoms with Crippen molar-refractivity contribution in [2.75, 3.05) is 13.2 Å². The lowest BCUT2D eigenvalue weighted by atomic mass is 9.89. The van der Waals surface area contributed by atoms with Crippen LogP contribution in [0.5, 0.6) is 0 Å². The molecule has 0 atom stereocenters. The molecule has 0 rings (SSSR count). The lowest BCUT2D eigenvalue weighted by molar-refractivity contribution is -0.143. The van der Waals surface area contributed by atoms with Crippen LogP contribution in [0.1, 0.15) is 33.6 Å². The molecular weight excluding hydrogens is 156 g/mol. The number of carbonyl (C=O) groups is 1. The molecule has 0 amide bonds. The molecule has 12 heavy (non-hydrogen) atoms. The number of esters is 1. The summed E-state index contributed by atoms with van der Waals surface area (Å²) in [7, 11) is 0. The monoisotopic (exact) mass is 174 g/mol. The molecule has 0 saturated carbocycles. The van der Waals surface area contributed by atoms with Crippen LogP contribution in [0.15, 0.2) is 0 Å². The summed E-state index contributed by atoms with van der Waals surface area (Å²) >= 11 is 0. The van der Waals surface area contributed by atoms with Gasteiger partial charge in [-0.15, -0.1) is 0 Å². The van der Waals surface area contributed by atoms with Crippen LogP contribution < -0.4 is 0 Å². The Balaban J connectivity index is 3.60. The Labute approximate surface area is 73.7 Å². The minimum Gasteiger partial charge on any atom is -0.466 e. The second-order valence-corrected chi connectivity index (χ2v) is 3.63. The molecule has 0 unspecified atom stereocenters. The molecule has 0 radical (unpaired) electrons. The van der Waals surface area contributed by atoms with Gasteiger partial charge in [0.2, 0.25) is 0 Å². The third-order valence-corrected chi connectivity index (χ3v) is 1.74. The van der Waals surface area contributed by atoms with Gasteiger partial charge in [-0.05, 0) is 18.8 Å². The highest BCUT2D eigenvalue weighted by Gasteiger charge is 2.18. The molecule has 0 bridgehead atoms. The molecule has 0 fully saturated rings. The zero-order valence-electron chi connectivity index (χ0n) is 8.09. The molecule has 3 heteroatoms. The summed E-state index contributed by atoms with van der Waals surface area (Å²) < 4.78 is 4.76. The van der Waals surface area contributed by atoms with Crippen molar-refractivity contribution in [2.45, 2.75) is 33.6 Å². The second kappa shape index (κ2) is 5.14. The topological polar surface area (TPSA) is 46.5 Å². The molecule has 0 aromatic rings. The van der Waals surface area contributed by atoms with Gasteiger partial charge in [0.1, 0.15) is 0 Å². The van der Waals surface area contributed by atoms with Gasteiger partial charge >= 0.3 is 5.97 Å². The van der Waals surface area contributed by atoms with E-state index in [1.54, 1.807) is 6.92 Å². The molecule has 0 spiro atoms. The Morgan fingerprint density at radius 3 is 2.50 bits per heavy atom. The van der Waals surface area contributed by atoms with Crippen molar-refractivity contribution in [1.29, 1.82) is 0 Å². The number of aliphatic hydroxyl groups excluding tert-OH is 1. The Morgan fingerprint density at radius 2 is 2.08 bits per heavy atom. The minimum absolute atomic E-state index is 0.104. The first kappa shape index (κ1) is 11.4. The van der Waals surface area contributed by atoms with Gasteiger partial charge in [-0.2, -0.15) is 0 Å². The van der Waals surface area contributed by atoms with Crippen LogP contribution in [0.25, 0.3) is 0 Å². The zero-order chi connectivity index (χ0) is 9.61. The van der Waals surface area contributed by atoms with Crippen molar-refractivity contribution in [2.24, 2.45) is 5.41 Å². The van der Waals surface area contributed by atoms with Crippen molar-refractivity contribution in [1.82, 2.24) is 0 Å². The maximum absolute atomic E-state index is 10.9. The van der Waals surface area contributed by atoms with Crippen LogP contribution in [0.2, 0.25) is 0 Å².